The van der Waals surface area contributed by atoms with Gasteiger partial charge >= 0.3 is 5.63 Å². The number of halogens is 1. The predicted octanol–water partition coefficient (Wildman–Crippen LogP) is 4.76. The minimum Gasteiger partial charge on any atom is -0.508 e. The van der Waals surface area contributed by atoms with E-state index < -0.39 is 17.5 Å². The summed E-state index contributed by atoms with van der Waals surface area (Å²) in [5, 5.41) is 16.2. The molecule has 0 saturated carbocycles. The normalized spacial score (nSPS) is 12.4. The fourth-order valence-electron chi connectivity index (χ4n) is 4.39. The first-order valence-corrected chi connectivity index (χ1v) is 11.7. The molecule has 4 aromatic heterocycles. The van der Waals surface area contributed by atoms with Gasteiger partial charge < -0.3 is 15.3 Å². The van der Waals surface area contributed by atoms with Crippen molar-refractivity contribution in [3.05, 3.63) is 82.5 Å². The first-order chi connectivity index (χ1) is 17.4. The van der Waals surface area contributed by atoms with Gasteiger partial charge in [0.25, 0.3) is 0 Å². The van der Waals surface area contributed by atoms with Gasteiger partial charge in [-0.25, -0.2) is 23.8 Å². The Morgan fingerprint density at radius 2 is 1.97 bits per heavy atom. The standard InChI is InChI=1S/C25H17FN6O3S/c1-12(22-19(18-9-28-11-36-18)16-4-2-3-5-17(16)25(34)35-22)32-24-20(23(27)29-10-30-24)21(31-32)13-6-14(26)8-15(33)7-13/h2-12,33H,1H3,(H2,27,29,30). The number of benzene rings is 2. The van der Waals surface area contributed by atoms with E-state index in [1.807, 2.05) is 19.1 Å². The van der Waals surface area contributed by atoms with Gasteiger partial charge in [-0.2, -0.15) is 5.10 Å². The van der Waals surface area contributed by atoms with Crippen molar-refractivity contribution in [2.45, 2.75) is 13.0 Å². The van der Waals surface area contributed by atoms with Crippen molar-refractivity contribution in [1.82, 2.24) is 24.7 Å². The fraction of sp³-hybridized carbons (Fsp3) is 0.0800. The van der Waals surface area contributed by atoms with Crippen LogP contribution in [-0.2, 0) is 0 Å². The van der Waals surface area contributed by atoms with E-state index in [2.05, 4.69) is 15.0 Å². The van der Waals surface area contributed by atoms with Gasteiger partial charge in [-0.05, 0) is 25.1 Å². The predicted molar refractivity (Wildman–Crippen MR) is 134 cm³/mol. The number of anilines is 1. The van der Waals surface area contributed by atoms with Gasteiger partial charge in [0.15, 0.2) is 5.65 Å². The van der Waals surface area contributed by atoms with Gasteiger partial charge in [-0.1, -0.05) is 18.2 Å². The number of rotatable bonds is 4. The lowest BCUT2D eigenvalue weighted by Gasteiger charge is -2.17. The van der Waals surface area contributed by atoms with Crippen molar-refractivity contribution in [2.75, 3.05) is 5.73 Å². The molecule has 9 nitrogen and oxygen atoms in total. The molecule has 1 unspecified atom stereocenters. The summed E-state index contributed by atoms with van der Waals surface area (Å²) in [4.78, 5) is 26.4. The SMILES string of the molecule is CC(c1oc(=O)c2ccccc2c1-c1cncs1)n1nc(-c2cc(O)cc(F)c2)c2c(N)ncnc21. The Bertz CT molecular complexity index is 1810. The highest BCUT2D eigenvalue weighted by Gasteiger charge is 2.27. The van der Waals surface area contributed by atoms with Crippen LogP contribution in [0.4, 0.5) is 10.2 Å². The first kappa shape index (κ1) is 21.9. The van der Waals surface area contributed by atoms with Gasteiger partial charge in [0.2, 0.25) is 0 Å². The van der Waals surface area contributed by atoms with Crippen LogP contribution in [0.5, 0.6) is 5.75 Å². The number of thiazole rings is 1. The molecule has 3 N–H and O–H groups in total. The minimum atomic E-state index is -0.635. The zero-order valence-corrected chi connectivity index (χ0v) is 19.5. The van der Waals surface area contributed by atoms with Crippen LogP contribution in [0, 0.1) is 5.82 Å². The lowest BCUT2D eigenvalue weighted by molar-refractivity contribution is 0.405. The molecule has 2 aromatic carbocycles. The molecule has 1 atom stereocenters. The van der Waals surface area contributed by atoms with E-state index in [-0.39, 0.29) is 17.3 Å². The van der Waals surface area contributed by atoms with Gasteiger partial charge in [-0.15, -0.1) is 11.3 Å². The Morgan fingerprint density at radius 3 is 2.72 bits per heavy atom. The lowest BCUT2D eigenvalue weighted by Crippen LogP contribution is -2.14. The summed E-state index contributed by atoms with van der Waals surface area (Å²) in [5.41, 5.74) is 9.07. The maximum absolute atomic E-state index is 14.1. The van der Waals surface area contributed by atoms with Crippen molar-refractivity contribution in [2.24, 2.45) is 0 Å². The summed E-state index contributed by atoms with van der Waals surface area (Å²) in [6.07, 6.45) is 3.01. The Morgan fingerprint density at radius 1 is 1.17 bits per heavy atom. The Hall–Kier alpha value is -4.64. The quantitative estimate of drug-likeness (QED) is 0.354. The molecule has 0 fully saturated rings. The van der Waals surface area contributed by atoms with E-state index in [1.54, 1.807) is 28.5 Å². The number of phenols is 1. The fourth-order valence-corrected chi connectivity index (χ4v) is 5.08. The molecule has 4 heterocycles. The maximum Gasteiger partial charge on any atom is 0.343 e. The van der Waals surface area contributed by atoms with Crippen LogP contribution in [-0.4, -0.2) is 29.8 Å². The van der Waals surface area contributed by atoms with Crippen molar-refractivity contribution in [3.8, 4) is 27.4 Å². The van der Waals surface area contributed by atoms with E-state index in [1.165, 1.54) is 29.8 Å². The van der Waals surface area contributed by atoms with Gasteiger partial charge in [-0.3, -0.25) is 4.98 Å². The summed E-state index contributed by atoms with van der Waals surface area (Å²) >= 11 is 1.42. The molecule has 0 bridgehead atoms. The van der Waals surface area contributed by atoms with Crippen molar-refractivity contribution in [1.29, 1.82) is 0 Å². The van der Waals surface area contributed by atoms with Crippen LogP contribution < -0.4 is 11.4 Å². The molecule has 0 aliphatic rings. The van der Waals surface area contributed by atoms with E-state index in [0.29, 0.717) is 27.7 Å². The summed E-state index contributed by atoms with van der Waals surface area (Å²) in [7, 11) is 0. The molecule has 0 radical (unpaired) electrons. The molecule has 36 heavy (non-hydrogen) atoms. The average Bonchev–Trinajstić information content (AvgIpc) is 3.52. The second-order valence-electron chi connectivity index (χ2n) is 8.16. The number of phenolic OH excluding ortho intramolecular Hbond substituents is 1. The summed E-state index contributed by atoms with van der Waals surface area (Å²) in [6, 6.07) is 10.2. The molecule has 0 aliphatic heterocycles. The van der Waals surface area contributed by atoms with Crippen LogP contribution in [0.25, 0.3) is 43.5 Å². The van der Waals surface area contributed by atoms with Gasteiger partial charge in [0.1, 0.15) is 41.2 Å². The number of nitrogen functional groups attached to an aromatic ring is 1. The third-order valence-electron chi connectivity index (χ3n) is 5.96. The van der Waals surface area contributed by atoms with E-state index in [4.69, 9.17) is 15.2 Å². The highest BCUT2D eigenvalue weighted by Crippen LogP contribution is 2.39. The molecule has 11 heteroatoms. The molecule has 0 aliphatic carbocycles. The number of nitrogens with two attached hydrogens (primary N) is 1. The van der Waals surface area contributed by atoms with Crippen LogP contribution in [0.1, 0.15) is 18.7 Å². The highest BCUT2D eigenvalue weighted by atomic mass is 32.1. The Kier molecular flexibility index (Phi) is 5.00. The van der Waals surface area contributed by atoms with Gasteiger partial charge in [0.05, 0.1) is 21.2 Å². The Balaban J connectivity index is 1.65. The van der Waals surface area contributed by atoms with Crippen LogP contribution >= 0.6 is 11.3 Å². The van der Waals surface area contributed by atoms with Crippen molar-refractivity contribution in [3.63, 3.8) is 0 Å². The number of hydrogen-bond acceptors (Lipinski definition) is 9. The number of aromatic hydroxyl groups is 1. The largest absolute Gasteiger partial charge is 0.508 e. The second-order valence-corrected chi connectivity index (χ2v) is 9.05. The molecule has 0 saturated heterocycles. The molecular weight excluding hydrogens is 483 g/mol. The maximum atomic E-state index is 14.1. The summed E-state index contributed by atoms with van der Waals surface area (Å²) < 4.78 is 21.6. The Labute approximate surface area is 206 Å². The topological polar surface area (TPSA) is 133 Å². The van der Waals surface area contributed by atoms with E-state index >= 15 is 0 Å². The minimum absolute atomic E-state index is 0.139. The molecule has 6 rings (SSSR count). The molecular formula is C25H17FN6O3S. The average molecular weight is 501 g/mol. The summed E-state index contributed by atoms with van der Waals surface area (Å²) in [5.74, 6) is -0.397. The molecule has 178 valence electrons. The second kappa shape index (κ2) is 8.24. The number of hydrogen-bond donors (Lipinski definition) is 2. The number of aromatic nitrogens is 5. The third kappa shape index (κ3) is 3.40. The van der Waals surface area contributed by atoms with Crippen molar-refractivity contribution >= 4 is 39.0 Å². The van der Waals surface area contributed by atoms with E-state index in [0.717, 1.165) is 21.9 Å². The monoisotopic (exact) mass is 500 g/mol. The first-order valence-electron chi connectivity index (χ1n) is 10.9. The van der Waals surface area contributed by atoms with E-state index in [9.17, 15) is 14.3 Å². The zero-order valence-electron chi connectivity index (χ0n) is 18.7. The number of fused-ring (bicyclic) bond motifs is 2. The van der Waals surface area contributed by atoms with Crippen LogP contribution in [0.2, 0.25) is 0 Å². The lowest BCUT2D eigenvalue weighted by atomic mass is 10.0. The van der Waals surface area contributed by atoms with Crippen LogP contribution in [0.15, 0.2) is 69.7 Å². The van der Waals surface area contributed by atoms with Crippen molar-refractivity contribution < 1.29 is 13.9 Å². The molecule has 6 aromatic rings. The molecule has 0 spiro atoms. The third-order valence-corrected chi connectivity index (χ3v) is 6.76. The van der Waals surface area contributed by atoms with Gasteiger partial charge in [0, 0.05) is 28.8 Å². The molecule has 0 amide bonds. The summed E-state index contributed by atoms with van der Waals surface area (Å²) in [6.45, 7) is 1.81. The number of nitrogens with zero attached hydrogens (tertiary/aromatic N) is 5. The zero-order chi connectivity index (χ0) is 25.0. The smallest absolute Gasteiger partial charge is 0.343 e. The van der Waals surface area contributed by atoms with Crippen LogP contribution in [0.3, 0.4) is 0 Å². The highest BCUT2D eigenvalue weighted by molar-refractivity contribution is 7.13.